The maximum absolute atomic E-state index is 12.5. The van der Waals surface area contributed by atoms with Crippen molar-refractivity contribution in [3.63, 3.8) is 0 Å². The first kappa shape index (κ1) is 20.8. The Hall–Kier alpha value is -3.47. The van der Waals surface area contributed by atoms with E-state index in [0.717, 1.165) is 23.5 Å². The fourth-order valence-corrected chi connectivity index (χ4v) is 3.64. The number of morpholine rings is 1. The molecule has 1 N–H and O–H groups in total. The van der Waals surface area contributed by atoms with Crippen LogP contribution >= 0.6 is 0 Å². The van der Waals surface area contributed by atoms with Gasteiger partial charge in [0, 0.05) is 40.2 Å². The Morgan fingerprint density at radius 1 is 1.13 bits per heavy atom. The van der Waals surface area contributed by atoms with Crippen molar-refractivity contribution in [1.29, 1.82) is 0 Å². The van der Waals surface area contributed by atoms with E-state index in [2.05, 4.69) is 20.2 Å². The number of carbonyl (C=O) groups excluding carboxylic acids is 1. The smallest absolute Gasteiger partial charge is 0.332 e. The normalized spacial score (nSPS) is 14.2. The molecule has 1 saturated heterocycles. The Labute approximate surface area is 177 Å². The lowest BCUT2D eigenvalue weighted by molar-refractivity contribution is -0.116. The highest BCUT2D eigenvalue weighted by Crippen LogP contribution is 2.16. The first-order valence-corrected chi connectivity index (χ1v) is 10.1. The number of nitrogens with one attached hydrogen (secondary N) is 1. The Balaban J connectivity index is 1.35. The number of pyridine rings is 1. The predicted octanol–water partition coefficient (Wildman–Crippen LogP) is 0.0842. The molecule has 0 bridgehead atoms. The van der Waals surface area contributed by atoms with Crippen LogP contribution in [-0.4, -0.2) is 55.9 Å². The zero-order chi connectivity index (χ0) is 22.0. The van der Waals surface area contributed by atoms with Gasteiger partial charge in [-0.05, 0) is 18.6 Å². The molecule has 11 nitrogen and oxygen atoms in total. The first-order valence-electron chi connectivity index (χ1n) is 10.1. The number of aryl methyl sites for hydroxylation is 2. The van der Waals surface area contributed by atoms with E-state index in [1.807, 2.05) is 12.1 Å². The van der Waals surface area contributed by atoms with E-state index in [0.29, 0.717) is 43.0 Å². The van der Waals surface area contributed by atoms with Gasteiger partial charge in [0.1, 0.15) is 5.82 Å². The number of hydrogen-bond donors (Lipinski definition) is 1. The maximum Gasteiger partial charge on any atom is 0.332 e. The van der Waals surface area contributed by atoms with Crippen molar-refractivity contribution in [1.82, 2.24) is 23.7 Å². The summed E-state index contributed by atoms with van der Waals surface area (Å²) in [6, 6.07) is 3.72. The topological polar surface area (TPSA) is 116 Å². The molecule has 0 radical (unpaired) electrons. The number of amides is 1. The lowest BCUT2D eigenvalue weighted by atomic mass is 10.2. The van der Waals surface area contributed by atoms with Gasteiger partial charge in [0.2, 0.25) is 5.91 Å². The third-order valence-electron chi connectivity index (χ3n) is 5.39. The number of carbonyl (C=O) groups is 1. The highest BCUT2D eigenvalue weighted by atomic mass is 16.5. The molecule has 0 spiro atoms. The van der Waals surface area contributed by atoms with Gasteiger partial charge in [-0.3, -0.25) is 18.7 Å². The van der Waals surface area contributed by atoms with Gasteiger partial charge in [-0.2, -0.15) is 0 Å². The molecule has 1 aliphatic rings. The van der Waals surface area contributed by atoms with Gasteiger partial charge in [-0.1, -0.05) is 0 Å². The molecule has 1 fully saturated rings. The standard InChI is InChI=1S/C20H25N7O4/c1-24-18-17(19(29)25(2)20(24)30)27(13-22-18)7-3-4-16(28)23-14-5-6-15(21-12-14)26-8-10-31-11-9-26/h5-6,12-13H,3-4,7-11H2,1-2H3,(H,23,28). The van der Waals surface area contributed by atoms with Gasteiger partial charge >= 0.3 is 5.69 Å². The number of fused-ring (bicyclic) bond motifs is 1. The summed E-state index contributed by atoms with van der Waals surface area (Å²) in [7, 11) is 3.01. The number of imidazole rings is 1. The Morgan fingerprint density at radius 2 is 1.90 bits per heavy atom. The second kappa shape index (κ2) is 8.72. The van der Waals surface area contributed by atoms with Crippen molar-refractivity contribution in [2.24, 2.45) is 14.1 Å². The van der Waals surface area contributed by atoms with Gasteiger partial charge in [0.15, 0.2) is 11.2 Å². The van der Waals surface area contributed by atoms with Gasteiger partial charge in [0.25, 0.3) is 5.56 Å². The SMILES string of the molecule is Cn1c(=O)c2c(ncn2CCCC(=O)Nc2ccc(N3CCOCC3)nc2)n(C)c1=O. The molecule has 0 aliphatic carbocycles. The minimum Gasteiger partial charge on any atom is -0.378 e. The van der Waals surface area contributed by atoms with Crippen LogP contribution in [0, 0.1) is 0 Å². The number of rotatable bonds is 6. The summed E-state index contributed by atoms with van der Waals surface area (Å²) in [4.78, 5) is 47.5. The Morgan fingerprint density at radius 3 is 2.61 bits per heavy atom. The monoisotopic (exact) mass is 427 g/mol. The molecule has 0 atom stereocenters. The van der Waals surface area contributed by atoms with E-state index in [-0.39, 0.29) is 12.3 Å². The quantitative estimate of drug-likeness (QED) is 0.592. The van der Waals surface area contributed by atoms with Gasteiger partial charge in [-0.25, -0.2) is 14.8 Å². The summed E-state index contributed by atoms with van der Waals surface area (Å²) >= 11 is 0. The van der Waals surface area contributed by atoms with Crippen molar-refractivity contribution >= 4 is 28.6 Å². The molecule has 31 heavy (non-hydrogen) atoms. The molecule has 1 aliphatic heterocycles. The largest absolute Gasteiger partial charge is 0.378 e. The van der Waals surface area contributed by atoms with Gasteiger partial charge in [0.05, 0.1) is 31.4 Å². The molecule has 3 aromatic rings. The molecule has 164 valence electrons. The summed E-state index contributed by atoms with van der Waals surface area (Å²) < 4.78 is 9.42. The second-order valence-corrected chi connectivity index (χ2v) is 7.47. The minimum absolute atomic E-state index is 0.134. The summed E-state index contributed by atoms with van der Waals surface area (Å²) in [6.45, 7) is 3.42. The van der Waals surface area contributed by atoms with Crippen molar-refractivity contribution in [3.8, 4) is 0 Å². The molecule has 0 aromatic carbocycles. The Bertz CT molecular complexity index is 1200. The number of ether oxygens (including phenoxy) is 1. The van der Waals surface area contributed by atoms with Crippen LogP contribution in [-0.2, 0) is 30.2 Å². The number of anilines is 2. The van der Waals surface area contributed by atoms with Crippen LogP contribution in [0.5, 0.6) is 0 Å². The van der Waals surface area contributed by atoms with E-state index >= 15 is 0 Å². The summed E-state index contributed by atoms with van der Waals surface area (Å²) in [5, 5.41) is 2.85. The highest BCUT2D eigenvalue weighted by Gasteiger charge is 2.15. The Kier molecular flexibility index (Phi) is 5.85. The van der Waals surface area contributed by atoms with E-state index in [4.69, 9.17) is 4.74 Å². The lowest BCUT2D eigenvalue weighted by Gasteiger charge is -2.27. The van der Waals surface area contributed by atoms with Crippen LogP contribution in [0.4, 0.5) is 11.5 Å². The van der Waals surface area contributed by atoms with Crippen LogP contribution < -0.4 is 21.5 Å². The molecule has 11 heteroatoms. The van der Waals surface area contributed by atoms with Crippen LogP contribution in [0.2, 0.25) is 0 Å². The van der Waals surface area contributed by atoms with Crippen molar-refractivity contribution in [2.75, 3.05) is 36.5 Å². The number of nitrogens with zero attached hydrogens (tertiary/aromatic N) is 6. The highest BCUT2D eigenvalue weighted by molar-refractivity contribution is 5.90. The van der Waals surface area contributed by atoms with Crippen LogP contribution in [0.3, 0.4) is 0 Å². The van der Waals surface area contributed by atoms with E-state index in [9.17, 15) is 14.4 Å². The van der Waals surface area contributed by atoms with E-state index < -0.39 is 11.2 Å². The predicted molar refractivity (Wildman–Crippen MR) is 115 cm³/mol. The lowest BCUT2D eigenvalue weighted by Crippen LogP contribution is -2.37. The maximum atomic E-state index is 12.5. The molecular formula is C20H25N7O4. The van der Waals surface area contributed by atoms with E-state index in [1.54, 1.807) is 17.8 Å². The molecule has 4 rings (SSSR count). The minimum atomic E-state index is -0.421. The first-order chi connectivity index (χ1) is 15.0. The van der Waals surface area contributed by atoms with Gasteiger partial charge in [-0.15, -0.1) is 0 Å². The summed E-state index contributed by atoms with van der Waals surface area (Å²) in [5.74, 6) is 0.731. The van der Waals surface area contributed by atoms with Crippen molar-refractivity contribution in [2.45, 2.75) is 19.4 Å². The molecule has 4 heterocycles. The van der Waals surface area contributed by atoms with Crippen LogP contribution in [0.15, 0.2) is 34.2 Å². The molecule has 0 saturated carbocycles. The summed E-state index contributed by atoms with van der Waals surface area (Å²) in [6.07, 6.45) is 3.97. The fraction of sp³-hybridized carbons (Fsp3) is 0.450. The number of aromatic nitrogens is 5. The zero-order valence-corrected chi connectivity index (χ0v) is 17.6. The van der Waals surface area contributed by atoms with Crippen LogP contribution in [0.1, 0.15) is 12.8 Å². The van der Waals surface area contributed by atoms with Crippen molar-refractivity contribution in [3.05, 3.63) is 45.5 Å². The molecule has 3 aromatic heterocycles. The van der Waals surface area contributed by atoms with Crippen LogP contribution in [0.25, 0.3) is 11.2 Å². The molecule has 0 unspecified atom stereocenters. The fourth-order valence-electron chi connectivity index (χ4n) is 3.64. The zero-order valence-electron chi connectivity index (χ0n) is 17.6. The third kappa shape index (κ3) is 4.22. The van der Waals surface area contributed by atoms with Gasteiger partial charge < -0.3 is 19.5 Å². The average molecular weight is 427 g/mol. The average Bonchev–Trinajstić information content (AvgIpc) is 3.21. The second-order valence-electron chi connectivity index (χ2n) is 7.47. The number of hydrogen-bond acceptors (Lipinski definition) is 7. The summed E-state index contributed by atoms with van der Waals surface area (Å²) in [5.41, 5.74) is 0.512. The molecular weight excluding hydrogens is 402 g/mol. The van der Waals surface area contributed by atoms with E-state index in [1.165, 1.54) is 17.9 Å². The van der Waals surface area contributed by atoms with Crippen molar-refractivity contribution < 1.29 is 9.53 Å². The molecule has 1 amide bonds. The third-order valence-corrected chi connectivity index (χ3v) is 5.39.